The third-order valence-electron chi connectivity index (χ3n) is 2.31. The highest BCUT2D eigenvalue weighted by atomic mass is 16.5. The van der Waals surface area contributed by atoms with Crippen molar-refractivity contribution in [3.05, 3.63) is 41.0 Å². The highest BCUT2D eigenvalue weighted by molar-refractivity contribution is 5.36. The van der Waals surface area contributed by atoms with Crippen LogP contribution in [-0.4, -0.2) is 15.2 Å². The fourth-order valence-corrected chi connectivity index (χ4v) is 1.51. The van der Waals surface area contributed by atoms with Crippen LogP contribution in [-0.2, 0) is 13.2 Å². The summed E-state index contributed by atoms with van der Waals surface area (Å²) in [4.78, 5) is 4.03. The van der Waals surface area contributed by atoms with Gasteiger partial charge in [-0.15, -0.1) is 0 Å². The largest absolute Gasteiger partial charge is 0.483 e. The molecule has 0 unspecified atom stereocenters. The van der Waals surface area contributed by atoms with Crippen molar-refractivity contribution in [3.8, 4) is 5.75 Å². The SMILES string of the molecule is Cc1ccc(OCc2nc(C)no2)c(CO)c1. The molecule has 2 aromatic rings. The molecule has 0 amide bonds. The predicted octanol–water partition coefficient (Wildman–Crippen LogP) is 1.76. The van der Waals surface area contributed by atoms with E-state index in [-0.39, 0.29) is 13.2 Å². The summed E-state index contributed by atoms with van der Waals surface area (Å²) < 4.78 is 10.5. The minimum absolute atomic E-state index is 0.0557. The van der Waals surface area contributed by atoms with Gasteiger partial charge < -0.3 is 14.4 Å². The Kier molecular flexibility index (Phi) is 3.39. The first-order valence-electron chi connectivity index (χ1n) is 5.31. The first-order valence-corrected chi connectivity index (χ1v) is 5.31. The molecule has 2 rings (SSSR count). The van der Waals surface area contributed by atoms with Crippen LogP contribution in [0.1, 0.15) is 22.8 Å². The summed E-state index contributed by atoms with van der Waals surface area (Å²) >= 11 is 0. The van der Waals surface area contributed by atoms with Gasteiger partial charge in [0.05, 0.1) is 6.61 Å². The molecule has 0 aliphatic rings. The van der Waals surface area contributed by atoms with E-state index in [9.17, 15) is 5.11 Å². The van der Waals surface area contributed by atoms with Crippen molar-refractivity contribution < 1.29 is 14.4 Å². The monoisotopic (exact) mass is 234 g/mol. The molecule has 5 nitrogen and oxygen atoms in total. The summed E-state index contributed by atoms with van der Waals surface area (Å²) in [5.41, 5.74) is 1.83. The first-order chi connectivity index (χ1) is 8.19. The maximum absolute atomic E-state index is 9.21. The average Bonchev–Trinajstić information content (AvgIpc) is 2.73. The zero-order valence-electron chi connectivity index (χ0n) is 9.80. The zero-order chi connectivity index (χ0) is 12.3. The molecule has 1 aromatic carbocycles. The van der Waals surface area contributed by atoms with Gasteiger partial charge in [-0.1, -0.05) is 22.9 Å². The summed E-state index contributed by atoms with van der Waals surface area (Å²) in [5, 5.41) is 12.9. The van der Waals surface area contributed by atoms with E-state index >= 15 is 0 Å². The highest BCUT2D eigenvalue weighted by Crippen LogP contribution is 2.20. The summed E-state index contributed by atoms with van der Waals surface area (Å²) in [6.45, 7) is 3.86. The van der Waals surface area contributed by atoms with Gasteiger partial charge in [0.15, 0.2) is 12.4 Å². The van der Waals surface area contributed by atoms with Crippen molar-refractivity contribution in [3.63, 3.8) is 0 Å². The lowest BCUT2D eigenvalue weighted by atomic mass is 10.1. The normalized spacial score (nSPS) is 10.5. The Hall–Kier alpha value is -1.88. The number of rotatable bonds is 4. The van der Waals surface area contributed by atoms with Crippen molar-refractivity contribution in [2.24, 2.45) is 0 Å². The minimum Gasteiger partial charge on any atom is -0.483 e. The third-order valence-corrected chi connectivity index (χ3v) is 2.31. The van der Waals surface area contributed by atoms with E-state index in [4.69, 9.17) is 9.26 Å². The molecule has 0 aliphatic heterocycles. The molecule has 5 heteroatoms. The second kappa shape index (κ2) is 4.97. The fraction of sp³-hybridized carbons (Fsp3) is 0.333. The third kappa shape index (κ3) is 2.82. The molecule has 0 saturated carbocycles. The van der Waals surface area contributed by atoms with Crippen LogP contribution < -0.4 is 4.74 Å². The molecule has 1 heterocycles. The molecule has 0 bridgehead atoms. The second-order valence-electron chi connectivity index (χ2n) is 3.79. The topological polar surface area (TPSA) is 68.4 Å². The summed E-state index contributed by atoms with van der Waals surface area (Å²) in [6.07, 6.45) is 0. The van der Waals surface area contributed by atoms with Gasteiger partial charge in [-0.3, -0.25) is 0 Å². The molecule has 0 aliphatic carbocycles. The van der Waals surface area contributed by atoms with Crippen LogP contribution in [0.4, 0.5) is 0 Å². The average molecular weight is 234 g/mol. The summed E-state index contributed by atoms with van der Waals surface area (Å²) in [7, 11) is 0. The van der Waals surface area contributed by atoms with Gasteiger partial charge >= 0.3 is 0 Å². The van der Waals surface area contributed by atoms with E-state index in [0.717, 1.165) is 11.1 Å². The smallest absolute Gasteiger partial charge is 0.264 e. The molecule has 0 fully saturated rings. The Labute approximate surface area is 99.0 Å². The Bertz CT molecular complexity index is 508. The van der Waals surface area contributed by atoms with Gasteiger partial charge in [0.1, 0.15) is 5.75 Å². The van der Waals surface area contributed by atoms with Gasteiger partial charge in [-0.25, -0.2) is 0 Å². The molecular formula is C12H14N2O3. The van der Waals surface area contributed by atoms with Crippen LogP contribution in [0, 0.1) is 13.8 Å². The van der Waals surface area contributed by atoms with Crippen LogP contribution >= 0.6 is 0 Å². The molecule has 17 heavy (non-hydrogen) atoms. The molecule has 0 spiro atoms. The van der Waals surface area contributed by atoms with Crippen molar-refractivity contribution in [2.45, 2.75) is 27.1 Å². The highest BCUT2D eigenvalue weighted by Gasteiger charge is 2.07. The van der Waals surface area contributed by atoms with E-state index < -0.39 is 0 Å². The van der Waals surface area contributed by atoms with Crippen molar-refractivity contribution in [2.75, 3.05) is 0 Å². The number of aryl methyl sites for hydroxylation is 2. The fourth-order valence-electron chi connectivity index (χ4n) is 1.51. The number of aliphatic hydroxyl groups excluding tert-OH is 1. The van der Waals surface area contributed by atoms with Crippen LogP contribution in [0.15, 0.2) is 22.7 Å². The molecular weight excluding hydrogens is 220 g/mol. The Morgan fingerprint density at radius 1 is 1.35 bits per heavy atom. The van der Waals surface area contributed by atoms with Gasteiger partial charge in [-0.2, -0.15) is 4.98 Å². The Balaban J connectivity index is 2.08. The Morgan fingerprint density at radius 2 is 2.18 bits per heavy atom. The number of aromatic nitrogens is 2. The van der Waals surface area contributed by atoms with Gasteiger partial charge in [0.25, 0.3) is 5.89 Å². The quantitative estimate of drug-likeness (QED) is 0.872. The van der Waals surface area contributed by atoms with Crippen molar-refractivity contribution in [1.82, 2.24) is 10.1 Å². The first kappa shape index (κ1) is 11.6. The number of ether oxygens (including phenoxy) is 1. The van der Waals surface area contributed by atoms with E-state index in [1.165, 1.54) is 0 Å². The lowest BCUT2D eigenvalue weighted by Gasteiger charge is -2.08. The Morgan fingerprint density at radius 3 is 2.82 bits per heavy atom. The van der Waals surface area contributed by atoms with Crippen LogP contribution in [0.5, 0.6) is 5.75 Å². The molecule has 1 aromatic heterocycles. The number of aliphatic hydroxyl groups is 1. The molecule has 0 atom stereocenters. The molecule has 1 N–H and O–H groups in total. The van der Waals surface area contributed by atoms with Gasteiger partial charge in [0, 0.05) is 5.56 Å². The number of hydrogen-bond acceptors (Lipinski definition) is 5. The molecule has 90 valence electrons. The number of hydrogen-bond donors (Lipinski definition) is 1. The van der Waals surface area contributed by atoms with E-state index in [1.54, 1.807) is 6.92 Å². The van der Waals surface area contributed by atoms with Crippen LogP contribution in [0.25, 0.3) is 0 Å². The van der Waals surface area contributed by atoms with E-state index in [0.29, 0.717) is 17.5 Å². The zero-order valence-corrected chi connectivity index (χ0v) is 9.80. The van der Waals surface area contributed by atoms with Crippen molar-refractivity contribution in [1.29, 1.82) is 0 Å². The predicted molar refractivity (Wildman–Crippen MR) is 60.5 cm³/mol. The molecule has 0 saturated heterocycles. The van der Waals surface area contributed by atoms with E-state index in [1.807, 2.05) is 25.1 Å². The van der Waals surface area contributed by atoms with Crippen LogP contribution in [0.3, 0.4) is 0 Å². The minimum atomic E-state index is -0.0557. The van der Waals surface area contributed by atoms with Gasteiger partial charge in [0.2, 0.25) is 0 Å². The summed E-state index contributed by atoms with van der Waals surface area (Å²) in [5.74, 6) is 1.64. The van der Waals surface area contributed by atoms with Crippen LogP contribution in [0.2, 0.25) is 0 Å². The van der Waals surface area contributed by atoms with E-state index in [2.05, 4.69) is 10.1 Å². The number of benzene rings is 1. The maximum atomic E-state index is 9.21. The standard InChI is InChI=1S/C12H14N2O3/c1-8-3-4-11(10(5-8)6-15)16-7-12-13-9(2)14-17-12/h3-5,15H,6-7H2,1-2H3. The van der Waals surface area contributed by atoms with Gasteiger partial charge in [-0.05, 0) is 19.9 Å². The van der Waals surface area contributed by atoms with Crippen molar-refractivity contribution >= 4 is 0 Å². The number of nitrogens with zero attached hydrogens (tertiary/aromatic N) is 2. The summed E-state index contributed by atoms with van der Waals surface area (Å²) in [6, 6.07) is 5.63. The lowest BCUT2D eigenvalue weighted by molar-refractivity contribution is 0.228. The molecule has 0 radical (unpaired) electrons. The second-order valence-corrected chi connectivity index (χ2v) is 3.79. The maximum Gasteiger partial charge on any atom is 0.264 e. The lowest BCUT2D eigenvalue weighted by Crippen LogP contribution is -1.99.